The summed E-state index contributed by atoms with van der Waals surface area (Å²) in [5.74, 6) is -1.65. The van der Waals surface area contributed by atoms with Gasteiger partial charge in [0.05, 0.1) is 45.6 Å². The first kappa shape index (κ1) is 21.9. The smallest absolute Gasteiger partial charge is 0.337 e. The van der Waals surface area contributed by atoms with Gasteiger partial charge in [-0.1, -0.05) is 30.3 Å². The highest BCUT2D eigenvalue weighted by molar-refractivity contribution is 6.10. The molecule has 0 saturated heterocycles. The van der Waals surface area contributed by atoms with Crippen molar-refractivity contribution in [2.75, 3.05) is 33.3 Å². The van der Waals surface area contributed by atoms with Crippen molar-refractivity contribution in [3.63, 3.8) is 0 Å². The van der Waals surface area contributed by atoms with Crippen LogP contribution in [0.2, 0.25) is 0 Å². The van der Waals surface area contributed by atoms with Gasteiger partial charge in [0.2, 0.25) is 0 Å². The molecule has 1 aliphatic heterocycles. The molecule has 162 valence electrons. The summed E-state index contributed by atoms with van der Waals surface area (Å²) in [4.78, 5) is 40.2. The predicted octanol–water partition coefficient (Wildman–Crippen LogP) is 2.44. The summed E-state index contributed by atoms with van der Waals surface area (Å²) in [7, 11) is 5.17. The second kappa shape index (κ2) is 9.34. The third-order valence-corrected chi connectivity index (χ3v) is 5.11. The SMILES string of the molecule is COC(=O)C1=C(C(=O)OC)[C@H](c2ccccc2)N(c2ccc(OC)cc2)[C@H]1C(=O)OC. The van der Waals surface area contributed by atoms with E-state index in [-0.39, 0.29) is 11.1 Å². The molecule has 2 aromatic rings. The van der Waals surface area contributed by atoms with Crippen LogP contribution in [0.4, 0.5) is 5.69 Å². The minimum absolute atomic E-state index is 0.0202. The monoisotopic (exact) mass is 425 g/mol. The molecule has 0 fully saturated rings. The van der Waals surface area contributed by atoms with Gasteiger partial charge in [0.15, 0.2) is 6.04 Å². The van der Waals surface area contributed by atoms with E-state index in [0.29, 0.717) is 17.0 Å². The van der Waals surface area contributed by atoms with Crippen molar-refractivity contribution in [3.05, 3.63) is 71.3 Å². The molecule has 0 saturated carbocycles. The first-order chi connectivity index (χ1) is 15.0. The number of benzene rings is 2. The molecular weight excluding hydrogens is 402 g/mol. The second-order valence-electron chi connectivity index (χ2n) is 6.65. The molecule has 0 aromatic heterocycles. The molecule has 8 heteroatoms. The zero-order valence-electron chi connectivity index (χ0n) is 17.7. The van der Waals surface area contributed by atoms with E-state index in [9.17, 15) is 14.4 Å². The number of methoxy groups -OCH3 is 4. The average molecular weight is 425 g/mol. The van der Waals surface area contributed by atoms with Crippen molar-refractivity contribution in [1.82, 2.24) is 0 Å². The quantitative estimate of drug-likeness (QED) is 0.515. The molecule has 0 spiro atoms. The topological polar surface area (TPSA) is 91.4 Å². The molecule has 2 atom stereocenters. The summed E-state index contributed by atoms with van der Waals surface area (Å²) in [6.07, 6.45) is 0. The molecule has 1 heterocycles. The van der Waals surface area contributed by atoms with E-state index < -0.39 is 30.0 Å². The number of hydrogen-bond donors (Lipinski definition) is 0. The summed E-state index contributed by atoms with van der Waals surface area (Å²) < 4.78 is 20.1. The van der Waals surface area contributed by atoms with Gasteiger partial charge in [0.25, 0.3) is 0 Å². The standard InChI is InChI=1S/C23H23NO7/c1-28-16-12-10-15(11-13-16)24-19(14-8-6-5-7-9-14)17(21(25)29-2)18(22(26)30-3)20(24)23(27)31-4/h5-13,19-20H,1-4H3/t19-,20+/m0/s1. The fraction of sp³-hybridized carbons (Fsp3) is 0.261. The summed E-state index contributed by atoms with van der Waals surface area (Å²) in [6.45, 7) is 0. The van der Waals surface area contributed by atoms with E-state index in [4.69, 9.17) is 18.9 Å². The Kier molecular flexibility index (Phi) is 6.59. The van der Waals surface area contributed by atoms with E-state index in [1.54, 1.807) is 60.5 Å². The van der Waals surface area contributed by atoms with Gasteiger partial charge in [-0.15, -0.1) is 0 Å². The first-order valence-electron chi connectivity index (χ1n) is 9.44. The zero-order chi connectivity index (χ0) is 22.5. The number of esters is 3. The highest BCUT2D eigenvalue weighted by Crippen LogP contribution is 2.45. The molecule has 0 unspecified atom stereocenters. The number of hydrogen-bond acceptors (Lipinski definition) is 8. The molecule has 0 radical (unpaired) electrons. The minimum Gasteiger partial charge on any atom is -0.497 e. The van der Waals surface area contributed by atoms with Crippen molar-refractivity contribution in [3.8, 4) is 5.75 Å². The first-order valence-corrected chi connectivity index (χ1v) is 9.44. The molecule has 2 aromatic carbocycles. The molecular formula is C23H23NO7. The maximum absolute atomic E-state index is 12.9. The Bertz CT molecular complexity index is 998. The maximum atomic E-state index is 12.9. The van der Waals surface area contributed by atoms with Gasteiger partial charge < -0.3 is 23.8 Å². The largest absolute Gasteiger partial charge is 0.497 e. The minimum atomic E-state index is -1.22. The van der Waals surface area contributed by atoms with Crippen LogP contribution in [0.25, 0.3) is 0 Å². The van der Waals surface area contributed by atoms with Gasteiger partial charge in [0, 0.05) is 5.69 Å². The number of ether oxygens (including phenoxy) is 4. The average Bonchev–Trinajstić information content (AvgIpc) is 3.19. The number of nitrogens with zero attached hydrogens (tertiary/aromatic N) is 1. The van der Waals surface area contributed by atoms with E-state index in [1.165, 1.54) is 21.3 Å². The van der Waals surface area contributed by atoms with Gasteiger partial charge in [-0.25, -0.2) is 14.4 Å². The van der Waals surface area contributed by atoms with Crippen LogP contribution in [0.3, 0.4) is 0 Å². The van der Waals surface area contributed by atoms with Crippen molar-refractivity contribution in [2.24, 2.45) is 0 Å². The highest BCUT2D eigenvalue weighted by Gasteiger charge is 2.51. The van der Waals surface area contributed by atoms with Gasteiger partial charge in [-0.2, -0.15) is 0 Å². The molecule has 8 nitrogen and oxygen atoms in total. The summed E-state index contributed by atoms with van der Waals surface area (Å²) >= 11 is 0. The molecule has 0 bridgehead atoms. The number of rotatable bonds is 6. The fourth-order valence-corrected chi connectivity index (χ4v) is 3.74. The Morgan fingerprint density at radius 3 is 1.84 bits per heavy atom. The maximum Gasteiger partial charge on any atom is 0.337 e. The Morgan fingerprint density at radius 2 is 1.32 bits per heavy atom. The lowest BCUT2D eigenvalue weighted by molar-refractivity contribution is -0.144. The van der Waals surface area contributed by atoms with Crippen LogP contribution >= 0.6 is 0 Å². The Hall–Kier alpha value is -3.81. The van der Waals surface area contributed by atoms with Crippen LogP contribution in [0.5, 0.6) is 5.75 Å². The molecule has 3 rings (SSSR count). The van der Waals surface area contributed by atoms with E-state index in [1.807, 2.05) is 6.07 Å². The number of carbonyl (C=O) groups excluding carboxylic acids is 3. The van der Waals surface area contributed by atoms with Crippen LogP contribution in [0.1, 0.15) is 11.6 Å². The van der Waals surface area contributed by atoms with E-state index in [0.717, 1.165) is 0 Å². The van der Waals surface area contributed by atoms with Gasteiger partial charge in [-0.3, -0.25) is 0 Å². The van der Waals surface area contributed by atoms with Crippen LogP contribution in [-0.2, 0) is 28.6 Å². The summed E-state index contributed by atoms with van der Waals surface area (Å²) in [5, 5.41) is 0. The van der Waals surface area contributed by atoms with Crippen molar-refractivity contribution >= 4 is 23.6 Å². The molecule has 31 heavy (non-hydrogen) atoms. The van der Waals surface area contributed by atoms with Gasteiger partial charge in [0.1, 0.15) is 5.75 Å². The molecule has 0 amide bonds. The van der Waals surface area contributed by atoms with Crippen LogP contribution in [0.15, 0.2) is 65.7 Å². The lowest BCUT2D eigenvalue weighted by Gasteiger charge is -2.33. The normalized spacial score (nSPS) is 17.9. The van der Waals surface area contributed by atoms with Crippen LogP contribution in [0, 0.1) is 0 Å². The number of anilines is 1. The third kappa shape index (κ3) is 3.96. The van der Waals surface area contributed by atoms with Crippen molar-refractivity contribution in [1.29, 1.82) is 0 Å². The van der Waals surface area contributed by atoms with E-state index >= 15 is 0 Å². The lowest BCUT2D eigenvalue weighted by atomic mass is 9.96. The third-order valence-electron chi connectivity index (χ3n) is 5.11. The number of carbonyl (C=O) groups is 3. The zero-order valence-corrected chi connectivity index (χ0v) is 17.7. The predicted molar refractivity (Wildman–Crippen MR) is 112 cm³/mol. The Morgan fingerprint density at radius 1 is 0.742 bits per heavy atom. The molecule has 1 aliphatic rings. The summed E-state index contributed by atoms with van der Waals surface area (Å²) in [6, 6.07) is 14.0. The van der Waals surface area contributed by atoms with Crippen LogP contribution < -0.4 is 9.64 Å². The van der Waals surface area contributed by atoms with Gasteiger partial charge >= 0.3 is 17.9 Å². The van der Waals surface area contributed by atoms with Crippen molar-refractivity contribution in [2.45, 2.75) is 12.1 Å². The molecule has 0 N–H and O–H groups in total. The van der Waals surface area contributed by atoms with Crippen molar-refractivity contribution < 1.29 is 33.3 Å². The second-order valence-corrected chi connectivity index (χ2v) is 6.65. The highest BCUT2D eigenvalue weighted by atomic mass is 16.5. The summed E-state index contributed by atoms with van der Waals surface area (Å²) in [5.41, 5.74) is 1.16. The lowest BCUT2D eigenvalue weighted by Crippen LogP contribution is -2.42. The van der Waals surface area contributed by atoms with Crippen LogP contribution in [-0.4, -0.2) is 52.4 Å². The molecule has 0 aliphatic carbocycles. The fourth-order valence-electron chi connectivity index (χ4n) is 3.74. The van der Waals surface area contributed by atoms with E-state index in [2.05, 4.69) is 0 Å². The Balaban J connectivity index is 2.32. The van der Waals surface area contributed by atoms with Gasteiger partial charge in [-0.05, 0) is 29.8 Å². The Labute approximate surface area is 180 Å².